The van der Waals surface area contributed by atoms with Crippen LogP contribution >= 0.6 is 0 Å². The molecule has 3 rings (SSSR count). The molecular weight excluding hydrogens is 306 g/mol. The number of ether oxygens (including phenoxy) is 1. The number of fused-ring (bicyclic) bond motifs is 1. The zero-order chi connectivity index (χ0) is 17.1. The number of nitrogens with one attached hydrogen (secondary N) is 2. The highest BCUT2D eigenvalue weighted by Gasteiger charge is 2.34. The molecule has 0 saturated heterocycles. The van der Waals surface area contributed by atoms with E-state index < -0.39 is 0 Å². The van der Waals surface area contributed by atoms with Crippen molar-refractivity contribution in [2.75, 3.05) is 7.11 Å². The monoisotopic (exact) mass is 331 g/mol. The van der Waals surface area contributed by atoms with Crippen molar-refractivity contribution >= 4 is 11.9 Å². The summed E-state index contributed by atoms with van der Waals surface area (Å²) in [4.78, 5) is 23.2. The highest BCUT2D eigenvalue weighted by atomic mass is 16.5. The molecule has 1 unspecified atom stereocenters. The Morgan fingerprint density at radius 1 is 1.21 bits per heavy atom. The Kier molecular flexibility index (Phi) is 4.92. The zero-order valence-corrected chi connectivity index (χ0v) is 14.0. The van der Waals surface area contributed by atoms with E-state index in [-0.39, 0.29) is 29.9 Å². The van der Waals surface area contributed by atoms with Crippen LogP contribution in [0.5, 0.6) is 5.75 Å². The number of carbonyl (C=O) groups excluding carboxylic acids is 2. The average Bonchev–Trinajstić information content (AvgIpc) is 2.71. The standard InChI is InChI=1S/C18H25N3O3/c1-24-16-7-2-4-11-8-13(5-3-6-15(11)16)20-18(23)21-14-9-12(10-14)17(19)22/h2,4,7,12-14H,3,5-6,8-10H2,1H3,(H2,19,22)(H2,20,21,23). The highest BCUT2D eigenvalue weighted by molar-refractivity contribution is 5.79. The summed E-state index contributed by atoms with van der Waals surface area (Å²) >= 11 is 0. The first kappa shape index (κ1) is 16.6. The molecular formula is C18H25N3O3. The van der Waals surface area contributed by atoms with E-state index in [0.717, 1.165) is 31.4 Å². The summed E-state index contributed by atoms with van der Waals surface area (Å²) in [6.07, 6.45) is 5.04. The Labute approximate surface area is 142 Å². The number of carbonyl (C=O) groups is 2. The van der Waals surface area contributed by atoms with E-state index in [4.69, 9.17) is 10.5 Å². The van der Waals surface area contributed by atoms with Gasteiger partial charge >= 0.3 is 6.03 Å². The van der Waals surface area contributed by atoms with Gasteiger partial charge in [0.05, 0.1) is 7.11 Å². The van der Waals surface area contributed by atoms with Crippen molar-refractivity contribution in [3.05, 3.63) is 29.3 Å². The number of urea groups is 1. The zero-order valence-electron chi connectivity index (χ0n) is 14.0. The third kappa shape index (κ3) is 3.63. The largest absolute Gasteiger partial charge is 0.496 e. The molecule has 24 heavy (non-hydrogen) atoms. The minimum atomic E-state index is -0.275. The van der Waals surface area contributed by atoms with Gasteiger partial charge < -0.3 is 21.1 Å². The number of primary amides is 1. The van der Waals surface area contributed by atoms with Gasteiger partial charge in [-0.25, -0.2) is 4.79 Å². The van der Waals surface area contributed by atoms with Crippen LogP contribution < -0.4 is 21.1 Å². The van der Waals surface area contributed by atoms with Gasteiger partial charge in [-0.2, -0.15) is 0 Å². The van der Waals surface area contributed by atoms with Gasteiger partial charge in [0.25, 0.3) is 0 Å². The summed E-state index contributed by atoms with van der Waals surface area (Å²) in [5, 5.41) is 6.01. The van der Waals surface area contributed by atoms with E-state index in [1.807, 2.05) is 12.1 Å². The molecule has 2 aliphatic carbocycles. The van der Waals surface area contributed by atoms with E-state index >= 15 is 0 Å². The molecule has 0 spiro atoms. The Morgan fingerprint density at radius 2 is 1.96 bits per heavy atom. The van der Waals surface area contributed by atoms with Crippen LogP contribution in [0.1, 0.15) is 36.8 Å². The third-order valence-corrected chi connectivity index (χ3v) is 5.11. The van der Waals surface area contributed by atoms with Gasteiger partial charge in [-0.15, -0.1) is 0 Å². The first-order valence-corrected chi connectivity index (χ1v) is 8.58. The summed E-state index contributed by atoms with van der Waals surface area (Å²) < 4.78 is 5.45. The van der Waals surface area contributed by atoms with E-state index in [1.165, 1.54) is 11.1 Å². The van der Waals surface area contributed by atoms with E-state index in [1.54, 1.807) is 7.11 Å². The minimum Gasteiger partial charge on any atom is -0.496 e. The van der Waals surface area contributed by atoms with Gasteiger partial charge in [0, 0.05) is 18.0 Å². The molecule has 0 bridgehead atoms. The van der Waals surface area contributed by atoms with Crippen LogP contribution in [0.3, 0.4) is 0 Å². The molecule has 2 aliphatic rings. The molecule has 1 fully saturated rings. The lowest BCUT2D eigenvalue weighted by Gasteiger charge is -2.34. The smallest absolute Gasteiger partial charge is 0.315 e. The number of methoxy groups -OCH3 is 1. The van der Waals surface area contributed by atoms with Crippen molar-refractivity contribution in [1.82, 2.24) is 10.6 Å². The lowest BCUT2D eigenvalue weighted by atomic mass is 9.80. The van der Waals surface area contributed by atoms with Gasteiger partial charge in [-0.05, 0) is 55.7 Å². The highest BCUT2D eigenvalue weighted by Crippen LogP contribution is 2.29. The summed E-state index contributed by atoms with van der Waals surface area (Å²) in [5.74, 6) is 0.569. The predicted molar refractivity (Wildman–Crippen MR) is 90.8 cm³/mol. The molecule has 6 heteroatoms. The van der Waals surface area contributed by atoms with Crippen molar-refractivity contribution in [3.63, 3.8) is 0 Å². The predicted octanol–water partition coefficient (Wildman–Crippen LogP) is 1.51. The minimum absolute atomic E-state index is 0.0562. The van der Waals surface area contributed by atoms with E-state index in [2.05, 4.69) is 16.7 Å². The second-order valence-corrected chi connectivity index (χ2v) is 6.78. The van der Waals surface area contributed by atoms with Crippen LogP contribution in [0, 0.1) is 5.92 Å². The van der Waals surface area contributed by atoms with Gasteiger partial charge in [-0.3, -0.25) is 4.79 Å². The Bertz CT molecular complexity index is 626. The Morgan fingerprint density at radius 3 is 2.67 bits per heavy atom. The first-order chi connectivity index (χ1) is 11.6. The van der Waals surface area contributed by atoms with Crippen LogP contribution in [0.2, 0.25) is 0 Å². The molecule has 0 aromatic heterocycles. The van der Waals surface area contributed by atoms with Crippen LogP contribution in [0.4, 0.5) is 4.79 Å². The Hall–Kier alpha value is -2.24. The second kappa shape index (κ2) is 7.11. The second-order valence-electron chi connectivity index (χ2n) is 6.78. The molecule has 0 heterocycles. The maximum atomic E-state index is 12.2. The number of benzene rings is 1. The maximum Gasteiger partial charge on any atom is 0.315 e. The summed E-state index contributed by atoms with van der Waals surface area (Å²) in [6.45, 7) is 0. The molecule has 1 aromatic rings. The third-order valence-electron chi connectivity index (χ3n) is 5.11. The Balaban J connectivity index is 1.54. The number of hydrogen-bond donors (Lipinski definition) is 3. The van der Waals surface area contributed by atoms with Crippen molar-refractivity contribution in [3.8, 4) is 5.75 Å². The fourth-order valence-corrected chi connectivity index (χ4v) is 3.67. The van der Waals surface area contributed by atoms with Crippen molar-refractivity contribution < 1.29 is 14.3 Å². The molecule has 1 saturated carbocycles. The molecule has 3 amide bonds. The normalized spacial score (nSPS) is 25.6. The van der Waals surface area contributed by atoms with Crippen LogP contribution in [-0.4, -0.2) is 31.1 Å². The molecule has 130 valence electrons. The number of amides is 3. The SMILES string of the molecule is COc1cccc2c1CCCC(NC(=O)NC1CC(C(N)=O)C1)C2. The van der Waals surface area contributed by atoms with Gasteiger partial charge in [0.2, 0.25) is 5.91 Å². The molecule has 6 nitrogen and oxygen atoms in total. The topological polar surface area (TPSA) is 93.4 Å². The fourth-order valence-electron chi connectivity index (χ4n) is 3.67. The van der Waals surface area contributed by atoms with Gasteiger partial charge in [0.1, 0.15) is 5.75 Å². The van der Waals surface area contributed by atoms with Crippen molar-refractivity contribution in [2.24, 2.45) is 11.7 Å². The van der Waals surface area contributed by atoms with Gasteiger partial charge in [0.15, 0.2) is 0 Å². The fraction of sp³-hybridized carbons (Fsp3) is 0.556. The molecule has 1 atom stereocenters. The van der Waals surface area contributed by atoms with Gasteiger partial charge in [-0.1, -0.05) is 12.1 Å². The quantitative estimate of drug-likeness (QED) is 0.730. The van der Waals surface area contributed by atoms with Crippen LogP contribution in [-0.2, 0) is 17.6 Å². The number of rotatable bonds is 4. The lowest BCUT2D eigenvalue weighted by molar-refractivity contribution is -0.124. The van der Waals surface area contributed by atoms with E-state index in [0.29, 0.717) is 12.8 Å². The summed E-state index contributed by atoms with van der Waals surface area (Å²) in [6, 6.07) is 6.12. The number of hydrogen-bond acceptors (Lipinski definition) is 3. The molecule has 1 aromatic carbocycles. The first-order valence-electron chi connectivity index (χ1n) is 8.58. The van der Waals surface area contributed by atoms with Crippen LogP contribution in [0.15, 0.2) is 18.2 Å². The van der Waals surface area contributed by atoms with Crippen molar-refractivity contribution in [2.45, 2.75) is 50.6 Å². The van der Waals surface area contributed by atoms with E-state index in [9.17, 15) is 9.59 Å². The van der Waals surface area contributed by atoms with Crippen LogP contribution in [0.25, 0.3) is 0 Å². The molecule has 0 aliphatic heterocycles. The summed E-state index contributed by atoms with van der Waals surface area (Å²) in [7, 11) is 1.70. The average molecular weight is 331 g/mol. The number of nitrogens with two attached hydrogens (primary N) is 1. The lowest BCUT2D eigenvalue weighted by Crippen LogP contribution is -2.53. The maximum absolute atomic E-state index is 12.2. The molecule has 4 N–H and O–H groups in total. The molecule has 0 radical (unpaired) electrons. The summed E-state index contributed by atoms with van der Waals surface area (Å²) in [5.41, 5.74) is 7.75. The van der Waals surface area contributed by atoms with Crippen molar-refractivity contribution in [1.29, 1.82) is 0 Å².